The summed E-state index contributed by atoms with van der Waals surface area (Å²) < 4.78 is 6.63. The van der Waals surface area contributed by atoms with Crippen LogP contribution >= 0.6 is 11.3 Å². The highest BCUT2D eigenvalue weighted by molar-refractivity contribution is 7.18. The Morgan fingerprint density at radius 2 is 1.94 bits per heavy atom. The summed E-state index contributed by atoms with van der Waals surface area (Å²) in [6.45, 7) is 0. The van der Waals surface area contributed by atoms with E-state index in [0.717, 1.165) is 36.1 Å². The van der Waals surface area contributed by atoms with Crippen LogP contribution in [-0.4, -0.2) is 33.3 Å². The van der Waals surface area contributed by atoms with Crippen molar-refractivity contribution < 1.29 is 19.4 Å². The molecular weight excluding hydrogens is 430 g/mol. The zero-order valence-electron chi connectivity index (χ0n) is 17.2. The Morgan fingerprint density at radius 1 is 1.22 bits per heavy atom. The molecule has 3 heterocycles. The van der Waals surface area contributed by atoms with Crippen molar-refractivity contribution in [3.63, 3.8) is 0 Å². The largest absolute Gasteiger partial charge is 0.505 e. The molecule has 1 aromatic carbocycles. The number of aryl methyl sites for hydroxylation is 2. The number of benzene rings is 1. The maximum absolute atomic E-state index is 13.0. The van der Waals surface area contributed by atoms with E-state index in [1.807, 2.05) is 0 Å². The predicted molar refractivity (Wildman–Crippen MR) is 121 cm³/mol. The predicted octanol–water partition coefficient (Wildman–Crippen LogP) is 1.98. The van der Waals surface area contributed by atoms with E-state index >= 15 is 0 Å². The third-order valence-electron chi connectivity index (χ3n) is 5.82. The monoisotopic (exact) mass is 449 g/mol. The molecule has 8 nitrogen and oxygen atoms in total. The van der Waals surface area contributed by atoms with Crippen LogP contribution in [0.25, 0.3) is 21.9 Å². The normalized spacial score (nSPS) is 14.1. The minimum Gasteiger partial charge on any atom is -0.505 e. The van der Waals surface area contributed by atoms with Crippen LogP contribution in [0.15, 0.2) is 29.1 Å². The number of amides is 1. The molecule has 3 N–H and O–H groups in total. The standard InChI is InChI=1S/C23H19N3O5S/c1-31-12-8-6-11(7-9-12)15(27)10-14-19(28)18(20(24)29)21-25-22(30)17-13-4-2-3-5-16(13)32-23(17)26(14)21/h6-10,28H,2-5H2,1H3,(H2,24,29)/b14-10+. The van der Waals surface area contributed by atoms with Crippen molar-refractivity contribution in [3.05, 3.63) is 61.5 Å². The molecule has 0 radical (unpaired) electrons. The summed E-state index contributed by atoms with van der Waals surface area (Å²) in [5.74, 6) is -1.18. The van der Waals surface area contributed by atoms with Gasteiger partial charge in [0.15, 0.2) is 17.2 Å². The van der Waals surface area contributed by atoms with Gasteiger partial charge in [0.25, 0.3) is 11.5 Å². The first-order chi connectivity index (χ1) is 15.4. The van der Waals surface area contributed by atoms with Crippen LogP contribution in [-0.2, 0) is 12.8 Å². The second-order valence-electron chi connectivity index (χ2n) is 7.68. The third kappa shape index (κ3) is 2.96. The minimum atomic E-state index is -0.927. The molecule has 0 saturated carbocycles. The highest BCUT2D eigenvalue weighted by Crippen LogP contribution is 2.35. The summed E-state index contributed by atoms with van der Waals surface area (Å²) in [4.78, 5) is 43.7. The van der Waals surface area contributed by atoms with Gasteiger partial charge in [0.1, 0.15) is 16.1 Å². The van der Waals surface area contributed by atoms with E-state index in [1.165, 1.54) is 28.9 Å². The molecular formula is C23H19N3O5S. The van der Waals surface area contributed by atoms with Crippen molar-refractivity contribution >= 4 is 45.0 Å². The van der Waals surface area contributed by atoms with Gasteiger partial charge < -0.3 is 15.6 Å². The maximum Gasteiger partial charge on any atom is 0.282 e. The van der Waals surface area contributed by atoms with E-state index in [-0.39, 0.29) is 22.3 Å². The Labute approximate surface area is 185 Å². The first-order valence-electron chi connectivity index (χ1n) is 10.1. The number of primary amides is 1. The summed E-state index contributed by atoms with van der Waals surface area (Å²) >= 11 is 1.43. The zero-order chi connectivity index (χ0) is 22.6. The van der Waals surface area contributed by atoms with Crippen LogP contribution < -0.4 is 21.4 Å². The van der Waals surface area contributed by atoms with E-state index in [1.54, 1.807) is 24.3 Å². The van der Waals surface area contributed by atoms with E-state index in [2.05, 4.69) is 4.98 Å². The molecule has 0 bridgehead atoms. The number of carbonyl (C=O) groups is 2. The molecule has 0 spiro atoms. The van der Waals surface area contributed by atoms with Crippen molar-refractivity contribution in [3.8, 4) is 11.5 Å². The number of Topliss-reactive ketones (excluding diaryl/α,β-unsaturated/α-hetero) is 1. The van der Waals surface area contributed by atoms with E-state index in [4.69, 9.17) is 10.5 Å². The highest BCUT2D eigenvalue weighted by atomic mass is 32.1. The van der Waals surface area contributed by atoms with E-state index in [0.29, 0.717) is 21.5 Å². The number of aromatic nitrogens is 2. The van der Waals surface area contributed by atoms with Gasteiger partial charge in [-0.05, 0) is 55.5 Å². The van der Waals surface area contributed by atoms with Crippen molar-refractivity contribution in [1.82, 2.24) is 9.38 Å². The van der Waals surface area contributed by atoms with Crippen molar-refractivity contribution in [2.75, 3.05) is 7.11 Å². The molecule has 0 fully saturated rings. The molecule has 5 rings (SSSR count). The number of ether oxygens (including phenoxy) is 1. The van der Waals surface area contributed by atoms with Crippen molar-refractivity contribution in [2.45, 2.75) is 25.7 Å². The number of rotatable bonds is 4. The van der Waals surface area contributed by atoms with Crippen LogP contribution in [0.2, 0.25) is 0 Å². The van der Waals surface area contributed by atoms with Gasteiger partial charge in [-0.3, -0.25) is 18.8 Å². The summed E-state index contributed by atoms with van der Waals surface area (Å²) in [7, 11) is 1.53. The SMILES string of the molecule is COc1ccc(C(=O)/C=c2\c(O)c(C(N)=O)c3nc(=O)c4c5c(sc4n23)CCCC5)cc1. The van der Waals surface area contributed by atoms with Crippen LogP contribution in [0.5, 0.6) is 11.5 Å². The molecule has 1 aliphatic carbocycles. The van der Waals surface area contributed by atoms with Gasteiger partial charge in [-0.15, -0.1) is 11.3 Å². The first-order valence-corrected chi connectivity index (χ1v) is 10.9. The smallest absolute Gasteiger partial charge is 0.282 e. The Kier molecular flexibility index (Phi) is 4.70. The fourth-order valence-electron chi connectivity index (χ4n) is 4.28. The number of methoxy groups -OCH3 is 1. The molecule has 1 aliphatic rings. The van der Waals surface area contributed by atoms with Gasteiger partial charge in [-0.1, -0.05) is 0 Å². The number of nitrogens with two attached hydrogens (primary N) is 1. The van der Waals surface area contributed by atoms with E-state index < -0.39 is 17.2 Å². The molecule has 1 amide bonds. The number of ketones is 1. The van der Waals surface area contributed by atoms with Gasteiger partial charge in [0.2, 0.25) is 0 Å². The van der Waals surface area contributed by atoms with Crippen molar-refractivity contribution in [2.24, 2.45) is 5.73 Å². The van der Waals surface area contributed by atoms with Crippen LogP contribution in [0.3, 0.4) is 0 Å². The fourth-order valence-corrected chi connectivity index (χ4v) is 5.68. The quantitative estimate of drug-likeness (QED) is 0.459. The molecule has 0 saturated heterocycles. The van der Waals surface area contributed by atoms with Gasteiger partial charge >= 0.3 is 0 Å². The molecule has 0 unspecified atom stereocenters. The molecule has 0 aliphatic heterocycles. The number of thiophene rings is 1. The zero-order valence-corrected chi connectivity index (χ0v) is 18.0. The lowest BCUT2D eigenvalue weighted by Crippen LogP contribution is -2.18. The topological polar surface area (TPSA) is 124 Å². The Hall–Kier alpha value is -3.72. The summed E-state index contributed by atoms with van der Waals surface area (Å²) in [5, 5.41) is 11.4. The molecule has 3 aromatic heterocycles. The van der Waals surface area contributed by atoms with Crippen LogP contribution in [0.1, 0.15) is 44.0 Å². The lowest BCUT2D eigenvalue weighted by atomic mass is 9.97. The maximum atomic E-state index is 13.0. The molecule has 162 valence electrons. The second-order valence-corrected chi connectivity index (χ2v) is 8.76. The Balaban J connectivity index is 1.85. The minimum absolute atomic E-state index is 0.0418. The number of fused-ring (bicyclic) bond motifs is 5. The average molecular weight is 449 g/mol. The molecule has 4 aromatic rings. The van der Waals surface area contributed by atoms with Crippen molar-refractivity contribution in [1.29, 1.82) is 0 Å². The number of nitrogens with zero attached hydrogens (tertiary/aromatic N) is 2. The Bertz CT molecular complexity index is 1530. The number of hydrogen-bond acceptors (Lipinski definition) is 7. The molecule has 0 atom stereocenters. The van der Waals surface area contributed by atoms with Crippen LogP contribution in [0.4, 0.5) is 0 Å². The number of carbonyl (C=O) groups excluding carboxylic acids is 2. The first kappa shape index (κ1) is 20.2. The lowest BCUT2D eigenvalue weighted by molar-refractivity contribution is 0.0998. The lowest BCUT2D eigenvalue weighted by Gasteiger charge is -2.09. The number of aromatic hydroxyl groups is 1. The van der Waals surface area contributed by atoms with Gasteiger partial charge in [0, 0.05) is 16.5 Å². The average Bonchev–Trinajstić information content (AvgIpc) is 3.29. The summed E-state index contributed by atoms with van der Waals surface area (Å²) in [5.41, 5.74) is 6.06. The fraction of sp³-hybridized carbons (Fsp3) is 0.217. The molecule has 32 heavy (non-hydrogen) atoms. The van der Waals surface area contributed by atoms with Crippen LogP contribution in [0, 0.1) is 0 Å². The third-order valence-corrected chi connectivity index (χ3v) is 7.10. The van der Waals surface area contributed by atoms with Gasteiger partial charge in [-0.25, -0.2) is 0 Å². The molecule has 9 heteroatoms. The van der Waals surface area contributed by atoms with Gasteiger partial charge in [0.05, 0.1) is 17.8 Å². The number of hydrogen-bond donors (Lipinski definition) is 2. The summed E-state index contributed by atoms with van der Waals surface area (Å²) in [6, 6.07) is 6.52. The van der Waals surface area contributed by atoms with Gasteiger partial charge in [-0.2, -0.15) is 4.98 Å². The summed E-state index contributed by atoms with van der Waals surface area (Å²) in [6.07, 6.45) is 4.88. The van der Waals surface area contributed by atoms with E-state index in [9.17, 15) is 19.5 Å². The second kappa shape index (κ2) is 7.45. The highest BCUT2D eigenvalue weighted by Gasteiger charge is 2.26. The Morgan fingerprint density at radius 3 is 2.62 bits per heavy atom.